The van der Waals surface area contributed by atoms with Gasteiger partial charge in [-0.1, -0.05) is 19.1 Å². The van der Waals surface area contributed by atoms with E-state index in [9.17, 15) is 4.79 Å². The van der Waals surface area contributed by atoms with Crippen LogP contribution in [-0.2, 0) is 17.8 Å². The maximum Gasteiger partial charge on any atom is 0.248 e. The average molecular weight is 409 g/mol. The van der Waals surface area contributed by atoms with E-state index in [-0.39, 0.29) is 5.91 Å². The first-order chi connectivity index (χ1) is 14.5. The van der Waals surface area contributed by atoms with Gasteiger partial charge in [0.05, 0.1) is 13.7 Å². The fourth-order valence-corrected chi connectivity index (χ4v) is 3.79. The highest BCUT2D eigenvalue weighted by Gasteiger charge is 2.36. The van der Waals surface area contributed by atoms with Gasteiger partial charge in [-0.15, -0.1) is 5.10 Å². The van der Waals surface area contributed by atoms with Crippen molar-refractivity contribution in [1.82, 2.24) is 25.1 Å². The number of aromatic nitrogens is 4. The van der Waals surface area contributed by atoms with Crippen molar-refractivity contribution in [2.45, 2.75) is 45.2 Å². The minimum Gasteiger partial charge on any atom is -0.497 e. The molecule has 2 heterocycles. The largest absolute Gasteiger partial charge is 0.497 e. The molecule has 1 aliphatic carbocycles. The Morgan fingerprint density at radius 2 is 2.17 bits per heavy atom. The Kier molecular flexibility index (Phi) is 5.57. The molecule has 8 nitrogen and oxygen atoms in total. The van der Waals surface area contributed by atoms with E-state index in [1.165, 1.54) is 6.42 Å². The van der Waals surface area contributed by atoms with Crippen molar-refractivity contribution in [3.8, 4) is 5.75 Å². The van der Waals surface area contributed by atoms with Gasteiger partial charge in [-0.2, -0.15) is 0 Å². The van der Waals surface area contributed by atoms with E-state index in [4.69, 9.17) is 9.15 Å². The zero-order valence-corrected chi connectivity index (χ0v) is 17.8. The topological polar surface area (TPSA) is 86.3 Å². The van der Waals surface area contributed by atoms with Crippen molar-refractivity contribution in [1.29, 1.82) is 0 Å². The molecule has 3 unspecified atom stereocenters. The van der Waals surface area contributed by atoms with Gasteiger partial charge in [0.1, 0.15) is 29.1 Å². The Balaban J connectivity index is 1.52. The minimum atomic E-state index is -0.560. The predicted octanol–water partition coefficient (Wildman–Crippen LogP) is 3.15. The Bertz CT molecular complexity index is 1030. The summed E-state index contributed by atoms with van der Waals surface area (Å²) in [5.41, 5.74) is 0.971. The van der Waals surface area contributed by atoms with Crippen LogP contribution in [-0.4, -0.2) is 45.2 Å². The number of carbonyl (C=O) groups excluding carboxylic acids is 1. The lowest BCUT2D eigenvalue weighted by molar-refractivity contribution is -0.134. The lowest BCUT2D eigenvalue weighted by atomic mass is 10.0. The first kappa shape index (κ1) is 20.1. The van der Waals surface area contributed by atoms with Gasteiger partial charge in [0, 0.05) is 19.4 Å². The third-order valence-corrected chi connectivity index (χ3v) is 5.73. The molecule has 1 aromatic carbocycles. The SMILES string of the molecule is COc1cccc(CC(C(=O)N(C)Cc2ccc(C3CC3C)o2)n2nnnc2C)c1. The molecule has 0 saturated heterocycles. The van der Waals surface area contributed by atoms with Crippen LogP contribution in [0.25, 0.3) is 0 Å². The van der Waals surface area contributed by atoms with Gasteiger partial charge in [-0.25, -0.2) is 4.68 Å². The van der Waals surface area contributed by atoms with E-state index in [0.717, 1.165) is 22.8 Å². The first-order valence-electron chi connectivity index (χ1n) is 10.2. The number of carbonyl (C=O) groups is 1. The quantitative estimate of drug-likeness (QED) is 0.568. The van der Waals surface area contributed by atoms with Gasteiger partial charge in [0.25, 0.3) is 0 Å². The minimum absolute atomic E-state index is 0.0778. The summed E-state index contributed by atoms with van der Waals surface area (Å²) in [4.78, 5) is 15.1. The van der Waals surface area contributed by atoms with Gasteiger partial charge in [0.15, 0.2) is 0 Å². The van der Waals surface area contributed by atoms with Gasteiger partial charge in [-0.05, 0) is 59.5 Å². The Labute approximate surface area is 175 Å². The summed E-state index contributed by atoms with van der Waals surface area (Å²) in [5.74, 6) is 4.26. The zero-order chi connectivity index (χ0) is 21.3. The molecular formula is C22H27N5O3. The van der Waals surface area contributed by atoms with Crippen LogP contribution in [0.1, 0.15) is 48.2 Å². The van der Waals surface area contributed by atoms with Crippen LogP contribution in [0.15, 0.2) is 40.8 Å². The lowest BCUT2D eigenvalue weighted by Crippen LogP contribution is -2.36. The van der Waals surface area contributed by atoms with Crippen molar-refractivity contribution in [3.05, 3.63) is 59.3 Å². The van der Waals surface area contributed by atoms with E-state index in [0.29, 0.717) is 30.6 Å². The highest BCUT2D eigenvalue weighted by molar-refractivity contribution is 5.80. The third kappa shape index (κ3) is 4.22. The molecule has 3 aromatic rings. The molecule has 0 N–H and O–H groups in total. The van der Waals surface area contributed by atoms with Crippen LogP contribution in [0.5, 0.6) is 5.75 Å². The summed E-state index contributed by atoms with van der Waals surface area (Å²) in [5, 5.41) is 11.8. The molecule has 4 rings (SSSR count). The van der Waals surface area contributed by atoms with E-state index >= 15 is 0 Å². The number of tetrazole rings is 1. The molecule has 0 spiro atoms. The summed E-state index contributed by atoms with van der Waals surface area (Å²) < 4.78 is 12.9. The number of likely N-dealkylation sites (N-methyl/N-ethyl adjacent to an activating group) is 1. The summed E-state index contributed by atoms with van der Waals surface area (Å²) in [6, 6.07) is 11.1. The second kappa shape index (κ2) is 8.30. The standard InChI is InChI=1S/C22H27N5O3/c1-14-10-19(14)21-9-8-18(30-21)13-26(3)22(28)20(27-15(2)23-24-25-27)12-16-6-5-7-17(11-16)29-4/h5-9,11,14,19-20H,10,12-13H2,1-4H3. The smallest absolute Gasteiger partial charge is 0.248 e. The molecule has 0 aliphatic heterocycles. The second-order valence-corrected chi connectivity index (χ2v) is 8.06. The van der Waals surface area contributed by atoms with Crippen molar-refractivity contribution < 1.29 is 13.9 Å². The van der Waals surface area contributed by atoms with Crippen LogP contribution in [0.3, 0.4) is 0 Å². The number of ether oxygens (including phenoxy) is 1. The molecule has 3 atom stereocenters. The summed E-state index contributed by atoms with van der Waals surface area (Å²) in [6.07, 6.45) is 1.62. The summed E-state index contributed by atoms with van der Waals surface area (Å²) >= 11 is 0. The number of nitrogens with zero attached hydrogens (tertiary/aromatic N) is 5. The van der Waals surface area contributed by atoms with E-state index < -0.39 is 6.04 Å². The Morgan fingerprint density at radius 1 is 1.37 bits per heavy atom. The van der Waals surface area contributed by atoms with Crippen LogP contribution >= 0.6 is 0 Å². The van der Waals surface area contributed by atoms with Crippen LogP contribution in [0.4, 0.5) is 0 Å². The summed E-state index contributed by atoms with van der Waals surface area (Å²) in [6.45, 7) is 4.41. The average Bonchev–Trinajstić information content (AvgIpc) is 3.11. The molecule has 1 fully saturated rings. The van der Waals surface area contributed by atoms with Crippen LogP contribution in [0.2, 0.25) is 0 Å². The number of benzene rings is 1. The van der Waals surface area contributed by atoms with Gasteiger partial charge in [0.2, 0.25) is 5.91 Å². The predicted molar refractivity (Wildman–Crippen MR) is 110 cm³/mol. The molecule has 0 bridgehead atoms. The number of rotatable bonds is 8. The van der Waals surface area contributed by atoms with Crippen molar-refractivity contribution in [2.24, 2.45) is 5.92 Å². The molecule has 30 heavy (non-hydrogen) atoms. The van der Waals surface area contributed by atoms with E-state index in [1.807, 2.05) is 36.4 Å². The molecular weight excluding hydrogens is 382 g/mol. The van der Waals surface area contributed by atoms with E-state index in [2.05, 4.69) is 22.4 Å². The third-order valence-electron chi connectivity index (χ3n) is 5.73. The molecule has 1 amide bonds. The van der Waals surface area contributed by atoms with Gasteiger partial charge < -0.3 is 14.1 Å². The number of furan rings is 1. The molecule has 0 radical (unpaired) electrons. The number of methoxy groups -OCH3 is 1. The Morgan fingerprint density at radius 3 is 2.83 bits per heavy atom. The highest BCUT2D eigenvalue weighted by Crippen LogP contribution is 2.47. The molecule has 1 aliphatic rings. The molecule has 2 aromatic heterocycles. The summed E-state index contributed by atoms with van der Waals surface area (Å²) in [7, 11) is 3.41. The van der Waals surface area contributed by atoms with Gasteiger partial charge in [-0.3, -0.25) is 4.79 Å². The van der Waals surface area contributed by atoms with Crippen molar-refractivity contribution in [2.75, 3.05) is 14.2 Å². The number of hydrogen-bond acceptors (Lipinski definition) is 6. The maximum absolute atomic E-state index is 13.4. The number of aryl methyl sites for hydroxylation is 1. The molecule has 1 saturated carbocycles. The fraction of sp³-hybridized carbons (Fsp3) is 0.455. The number of amides is 1. The maximum atomic E-state index is 13.4. The Hall–Kier alpha value is -3.16. The number of hydrogen-bond donors (Lipinski definition) is 0. The normalized spacial score (nSPS) is 18.8. The monoisotopic (exact) mass is 409 g/mol. The molecule has 8 heteroatoms. The fourth-order valence-electron chi connectivity index (χ4n) is 3.79. The van der Waals surface area contributed by atoms with Gasteiger partial charge >= 0.3 is 0 Å². The van der Waals surface area contributed by atoms with Crippen molar-refractivity contribution in [3.63, 3.8) is 0 Å². The first-order valence-corrected chi connectivity index (χ1v) is 10.2. The lowest BCUT2D eigenvalue weighted by Gasteiger charge is -2.23. The van der Waals surface area contributed by atoms with Crippen molar-refractivity contribution >= 4 is 5.91 Å². The molecule has 158 valence electrons. The van der Waals surface area contributed by atoms with Crippen LogP contribution < -0.4 is 4.74 Å². The second-order valence-electron chi connectivity index (χ2n) is 8.06. The van der Waals surface area contributed by atoms with Crippen LogP contribution in [0, 0.1) is 12.8 Å². The zero-order valence-electron chi connectivity index (χ0n) is 17.8. The van der Waals surface area contributed by atoms with E-state index in [1.54, 1.807) is 30.7 Å². The highest BCUT2D eigenvalue weighted by atomic mass is 16.5.